The Morgan fingerprint density at radius 2 is 1.85 bits per heavy atom. The van der Waals surface area contributed by atoms with E-state index in [2.05, 4.69) is 35.3 Å². The highest BCUT2D eigenvalue weighted by atomic mass is 16.5. The molecule has 4 aromatic heterocycles. The molecule has 10 nitrogen and oxygen atoms in total. The van der Waals surface area contributed by atoms with Gasteiger partial charge in [-0.05, 0) is 43.7 Å². The van der Waals surface area contributed by atoms with Crippen LogP contribution in [0.1, 0.15) is 21.9 Å². The summed E-state index contributed by atoms with van der Waals surface area (Å²) in [6.07, 6.45) is 5.12. The molecule has 5 heterocycles. The van der Waals surface area contributed by atoms with E-state index in [1.165, 1.54) is 0 Å². The maximum Gasteiger partial charge on any atom is 0.276 e. The van der Waals surface area contributed by atoms with Gasteiger partial charge in [0.1, 0.15) is 23.3 Å². The van der Waals surface area contributed by atoms with Gasteiger partial charge in [-0.15, -0.1) is 0 Å². The Hall–Kier alpha value is -4.34. The molecule has 1 saturated heterocycles. The van der Waals surface area contributed by atoms with Gasteiger partial charge in [0.25, 0.3) is 5.91 Å². The van der Waals surface area contributed by atoms with Crippen molar-refractivity contribution in [2.24, 2.45) is 0 Å². The second-order valence-electron chi connectivity index (χ2n) is 8.10. The van der Waals surface area contributed by atoms with Crippen molar-refractivity contribution in [3.8, 4) is 11.3 Å². The SMILES string of the molecule is Cc1ccnc(Nc2cc(N3CCN(C(=O)c4cc(-c5cccnc5)on4)CC3)nc(C)n2)c1. The van der Waals surface area contributed by atoms with Gasteiger partial charge in [0.15, 0.2) is 11.5 Å². The summed E-state index contributed by atoms with van der Waals surface area (Å²) in [5, 5.41) is 7.22. The van der Waals surface area contributed by atoms with Crippen LogP contribution in [0.2, 0.25) is 0 Å². The molecule has 1 aliphatic rings. The molecule has 1 N–H and O–H groups in total. The van der Waals surface area contributed by atoms with Gasteiger partial charge in [-0.25, -0.2) is 15.0 Å². The zero-order chi connectivity index (χ0) is 23.5. The summed E-state index contributed by atoms with van der Waals surface area (Å²) in [6.45, 7) is 6.29. The van der Waals surface area contributed by atoms with E-state index >= 15 is 0 Å². The smallest absolute Gasteiger partial charge is 0.276 e. The lowest BCUT2D eigenvalue weighted by Crippen LogP contribution is -2.49. The Kier molecular flexibility index (Phi) is 5.86. The Bertz CT molecular complexity index is 1300. The fraction of sp³-hybridized carbons (Fsp3) is 0.250. The number of nitrogens with zero attached hydrogens (tertiary/aromatic N) is 7. The topological polar surface area (TPSA) is 113 Å². The molecule has 0 saturated carbocycles. The highest BCUT2D eigenvalue weighted by molar-refractivity contribution is 5.93. The first-order valence-corrected chi connectivity index (χ1v) is 11.0. The lowest BCUT2D eigenvalue weighted by molar-refractivity contribution is 0.0736. The van der Waals surface area contributed by atoms with E-state index in [0.717, 1.165) is 22.8 Å². The molecule has 0 unspecified atom stereocenters. The summed E-state index contributed by atoms with van der Waals surface area (Å²) >= 11 is 0. The first-order chi connectivity index (χ1) is 16.5. The number of rotatable bonds is 5. The first-order valence-electron chi connectivity index (χ1n) is 11.0. The van der Waals surface area contributed by atoms with Gasteiger partial charge in [-0.2, -0.15) is 0 Å². The third kappa shape index (κ3) is 4.70. The molecule has 0 spiro atoms. The predicted octanol–water partition coefficient (Wildman–Crippen LogP) is 3.24. The van der Waals surface area contributed by atoms with E-state index in [1.807, 2.05) is 44.2 Å². The average Bonchev–Trinajstić information content (AvgIpc) is 3.34. The van der Waals surface area contributed by atoms with E-state index < -0.39 is 0 Å². The normalized spacial score (nSPS) is 13.7. The monoisotopic (exact) mass is 456 g/mol. The molecule has 5 rings (SSSR count). The molecule has 0 radical (unpaired) electrons. The lowest BCUT2D eigenvalue weighted by Gasteiger charge is -2.35. The van der Waals surface area contributed by atoms with E-state index in [1.54, 1.807) is 29.6 Å². The second-order valence-corrected chi connectivity index (χ2v) is 8.10. The molecule has 1 amide bonds. The van der Waals surface area contributed by atoms with Gasteiger partial charge in [0.2, 0.25) is 0 Å². The Balaban J connectivity index is 1.24. The number of carbonyl (C=O) groups is 1. The fourth-order valence-corrected chi connectivity index (χ4v) is 3.83. The van der Waals surface area contributed by atoms with Crippen LogP contribution >= 0.6 is 0 Å². The molecule has 0 aromatic carbocycles. The molecule has 0 bridgehead atoms. The number of pyridine rings is 2. The van der Waals surface area contributed by atoms with Gasteiger partial charge >= 0.3 is 0 Å². The largest absolute Gasteiger partial charge is 0.355 e. The Labute approximate surface area is 196 Å². The molecule has 172 valence electrons. The van der Waals surface area contributed by atoms with Crippen LogP contribution in [0.15, 0.2) is 59.5 Å². The van der Waals surface area contributed by atoms with E-state index in [0.29, 0.717) is 49.3 Å². The number of hydrogen-bond donors (Lipinski definition) is 1. The summed E-state index contributed by atoms with van der Waals surface area (Å²) in [6, 6.07) is 11.2. The Morgan fingerprint density at radius 1 is 1.00 bits per heavy atom. The first kappa shape index (κ1) is 21.5. The zero-order valence-electron chi connectivity index (χ0n) is 19.0. The quantitative estimate of drug-likeness (QED) is 0.483. The minimum Gasteiger partial charge on any atom is -0.355 e. The molecule has 34 heavy (non-hydrogen) atoms. The van der Waals surface area contributed by atoms with Crippen LogP contribution in [0.25, 0.3) is 11.3 Å². The van der Waals surface area contributed by atoms with E-state index in [4.69, 9.17) is 4.52 Å². The van der Waals surface area contributed by atoms with Crippen molar-refractivity contribution < 1.29 is 9.32 Å². The number of anilines is 3. The maximum atomic E-state index is 13.0. The van der Waals surface area contributed by atoms with Crippen molar-refractivity contribution >= 4 is 23.4 Å². The minimum atomic E-state index is -0.148. The van der Waals surface area contributed by atoms with Gasteiger partial charge in [-0.1, -0.05) is 5.16 Å². The van der Waals surface area contributed by atoms with Crippen molar-refractivity contribution in [3.63, 3.8) is 0 Å². The highest BCUT2D eigenvalue weighted by Crippen LogP contribution is 2.22. The summed E-state index contributed by atoms with van der Waals surface area (Å²) < 4.78 is 5.36. The maximum absolute atomic E-state index is 13.0. The van der Waals surface area contributed by atoms with Crippen molar-refractivity contribution in [2.75, 3.05) is 36.4 Å². The van der Waals surface area contributed by atoms with Crippen LogP contribution in [0.5, 0.6) is 0 Å². The predicted molar refractivity (Wildman–Crippen MR) is 127 cm³/mol. The number of nitrogens with one attached hydrogen (secondary N) is 1. The summed E-state index contributed by atoms with van der Waals surface area (Å²) in [4.78, 5) is 34.4. The molecule has 10 heteroatoms. The standard InChI is InChI=1S/C24H24N8O2/c1-16-5-7-26-21(12-16)29-22-14-23(28-17(2)27-22)31-8-10-32(11-9-31)24(33)19-13-20(34-30-19)18-4-3-6-25-15-18/h3-7,12-15H,8-11H2,1-2H3,(H,26,27,28,29). The minimum absolute atomic E-state index is 0.148. The second kappa shape index (κ2) is 9.26. The summed E-state index contributed by atoms with van der Waals surface area (Å²) in [5.41, 5.74) is 2.19. The van der Waals surface area contributed by atoms with Crippen molar-refractivity contribution in [1.82, 2.24) is 30.0 Å². The van der Waals surface area contributed by atoms with Crippen LogP contribution in [0.3, 0.4) is 0 Å². The fourth-order valence-electron chi connectivity index (χ4n) is 3.83. The number of hydrogen-bond acceptors (Lipinski definition) is 9. The van der Waals surface area contributed by atoms with Crippen molar-refractivity contribution in [3.05, 3.63) is 72.1 Å². The third-order valence-corrected chi connectivity index (χ3v) is 5.56. The average molecular weight is 457 g/mol. The number of aromatic nitrogens is 5. The van der Waals surface area contributed by atoms with Crippen LogP contribution in [0.4, 0.5) is 17.5 Å². The lowest BCUT2D eigenvalue weighted by atomic mass is 10.2. The summed E-state index contributed by atoms with van der Waals surface area (Å²) in [5.74, 6) is 3.27. The van der Waals surface area contributed by atoms with E-state index in [-0.39, 0.29) is 5.91 Å². The number of piperazine rings is 1. The number of carbonyl (C=O) groups excluding carboxylic acids is 1. The molecular weight excluding hydrogens is 432 g/mol. The van der Waals surface area contributed by atoms with Crippen LogP contribution in [-0.4, -0.2) is 62.1 Å². The van der Waals surface area contributed by atoms with E-state index in [9.17, 15) is 4.79 Å². The molecule has 4 aromatic rings. The number of amides is 1. The highest BCUT2D eigenvalue weighted by Gasteiger charge is 2.26. The van der Waals surface area contributed by atoms with Gasteiger partial charge in [0, 0.05) is 62.5 Å². The molecule has 0 atom stereocenters. The van der Waals surface area contributed by atoms with Crippen LogP contribution in [-0.2, 0) is 0 Å². The van der Waals surface area contributed by atoms with Crippen molar-refractivity contribution in [1.29, 1.82) is 0 Å². The van der Waals surface area contributed by atoms with Gasteiger partial charge in [-0.3, -0.25) is 9.78 Å². The molecule has 1 fully saturated rings. The number of aryl methyl sites for hydroxylation is 2. The molecule has 1 aliphatic heterocycles. The van der Waals surface area contributed by atoms with Crippen LogP contribution < -0.4 is 10.2 Å². The zero-order valence-corrected chi connectivity index (χ0v) is 19.0. The molecular formula is C24H24N8O2. The Morgan fingerprint density at radius 3 is 2.62 bits per heavy atom. The molecule has 0 aliphatic carbocycles. The van der Waals surface area contributed by atoms with Gasteiger partial charge < -0.3 is 19.6 Å². The van der Waals surface area contributed by atoms with Crippen molar-refractivity contribution in [2.45, 2.75) is 13.8 Å². The van der Waals surface area contributed by atoms with Crippen LogP contribution in [0, 0.1) is 13.8 Å². The van der Waals surface area contributed by atoms with Gasteiger partial charge in [0.05, 0.1) is 0 Å². The third-order valence-electron chi connectivity index (χ3n) is 5.56. The summed E-state index contributed by atoms with van der Waals surface area (Å²) in [7, 11) is 0.